The SMILES string of the molecule is Cc1c(CN)ccc(OC(C)C)c1C. The number of hydrogen-bond acceptors (Lipinski definition) is 2. The molecule has 1 rings (SSSR count). The molecule has 0 atom stereocenters. The summed E-state index contributed by atoms with van der Waals surface area (Å²) < 4.78 is 5.68. The van der Waals surface area contributed by atoms with Crippen molar-refractivity contribution in [2.75, 3.05) is 0 Å². The van der Waals surface area contributed by atoms with E-state index < -0.39 is 0 Å². The van der Waals surface area contributed by atoms with Gasteiger partial charge in [-0.05, 0) is 50.5 Å². The fourth-order valence-electron chi connectivity index (χ4n) is 1.45. The number of benzene rings is 1. The van der Waals surface area contributed by atoms with Gasteiger partial charge in [-0.2, -0.15) is 0 Å². The molecule has 0 bridgehead atoms. The van der Waals surface area contributed by atoms with E-state index in [4.69, 9.17) is 10.5 Å². The smallest absolute Gasteiger partial charge is 0.122 e. The molecule has 0 saturated carbocycles. The molecule has 0 saturated heterocycles. The van der Waals surface area contributed by atoms with Gasteiger partial charge in [0.1, 0.15) is 5.75 Å². The molecule has 1 aromatic rings. The molecule has 0 aliphatic rings. The minimum atomic E-state index is 0.219. The van der Waals surface area contributed by atoms with Crippen LogP contribution in [-0.2, 0) is 6.54 Å². The zero-order valence-electron chi connectivity index (χ0n) is 9.42. The van der Waals surface area contributed by atoms with E-state index in [2.05, 4.69) is 13.8 Å². The predicted octanol–water partition coefficient (Wildman–Crippen LogP) is 2.55. The highest BCUT2D eigenvalue weighted by Crippen LogP contribution is 2.24. The Morgan fingerprint density at radius 2 is 1.86 bits per heavy atom. The van der Waals surface area contributed by atoms with Crippen LogP contribution >= 0.6 is 0 Å². The molecule has 0 amide bonds. The molecule has 0 aromatic heterocycles. The third-order valence-corrected chi connectivity index (χ3v) is 2.43. The molecular weight excluding hydrogens is 174 g/mol. The van der Waals surface area contributed by atoms with Gasteiger partial charge in [0.15, 0.2) is 0 Å². The highest BCUT2D eigenvalue weighted by molar-refractivity contribution is 5.43. The van der Waals surface area contributed by atoms with E-state index in [0.717, 1.165) is 5.75 Å². The monoisotopic (exact) mass is 193 g/mol. The first kappa shape index (κ1) is 11.1. The molecule has 0 spiro atoms. The standard InChI is InChI=1S/C12H19NO/c1-8(2)14-12-6-5-11(7-13)9(3)10(12)4/h5-6,8H,7,13H2,1-4H3. The topological polar surface area (TPSA) is 35.2 Å². The molecule has 2 nitrogen and oxygen atoms in total. The third kappa shape index (κ3) is 2.26. The Balaban J connectivity index is 3.04. The van der Waals surface area contributed by atoms with Crippen molar-refractivity contribution in [1.82, 2.24) is 0 Å². The zero-order valence-corrected chi connectivity index (χ0v) is 9.42. The first-order valence-corrected chi connectivity index (χ1v) is 5.02. The highest BCUT2D eigenvalue weighted by atomic mass is 16.5. The van der Waals surface area contributed by atoms with Crippen LogP contribution in [0.1, 0.15) is 30.5 Å². The summed E-state index contributed by atoms with van der Waals surface area (Å²) in [5.74, 6) is 0.967. The minimum absolute atomic E-state index is 0.219. The molecule has 0 unspecified atom stereocenters. The van der Waals surface area contributed by atoms with E-state index in [-0.39, 0.29) is 6.10 Å². The van der Waals surface area contributed by atoms with Crippen LogP contribution in [0.15, 0.2) is 12.1 Å². The first-order chi connectivity index (χ1) is 6.56. The Labute approximate surface area is 86.1 Å². The molecule has 0 radical (unpaired) electrons. The predicted molar refractivity (Wildman–Crippen MR) is 59.6 cm³/mol. The fourth-order valence-corrected chi connectivity index (χ4v) is 1.45. The molecule has 2 N–H and O–H groups in total. The normalized spacial score (nSPS) is 10.7. The van der Waals surface area contributed by atoms with E-state index in [0.29, 0.717) is 6.54 Å². The lowest BCUT2D eigenvalue weighted by Gasteiger charge is -2.15. The van der Waals surface area contributed by atoms with Crippen LogP contribution < -0.4 is 10.5 Å². The average Bonchev–Trinajstić information content (AvgIpc) is 2.13. The molecule has 78 valence electrons. The van der Waals surface area contributed by atoms with E-state index in [9.17, 15) is 0 Å². The van der Waals surface area contributed by atoms with Gasteiger partial charge in [0.05, 0.1) is 6.10 Å². The molecule has 2 heteroatoms. The van der Waals surface area contributed by atoms with Gasteiger partial charge in [0.2, 0.25) is 0 Å². The van der Waals surface area contributed by atoms with Crippen molar-refractivity contribution < 1.29 is 4.74 Å². The average molecular weight is 193 g/mol. The minimum Gasteiger partial charge on any atom is -0.491 e. The van der Waals surface area contributed by atoms with Crippen molar-refractivity contribution in [2.45, 2.75) is 40.3 Å². The lowest BCUT2D eigenvalue weighted by Crippen LogP contribution is -2.08. The zero-order chi connectivity index (χ0) is 10.7. The molecule has 0 fully saturated rings. The van der Waals surface area contributed by atoms with Gasteiger partial charge in [-0.3, -0.25) is 0 Å². The van der Waals surface area contributed by atoms with Gasteiger partial charge in [0, 0.05) is 6.54 Å². The summed E-state index contributed by atoms with van der Waals surface area (Å²) in [4.78, 5) is 0. The summed E-state index contributed by atoms with van der Waals surface area (Å²) >= 11 is 0. The molecule has 0 aliphatic heterocycles. The number of rotatable bonds is 3. The van der Waals surface area contributed by atoms with E-state index in [1.165, 1.54) is 16.7 Å². The van der Waals surface area contributed by atoms with Crippen molar-refractivity contribution in [1.29, 1.82) is 0 Å². The van der Waals surface area contributed by atoms with Crippen molar-refractivity contribution in [3.05, 3.63) is 28.8 Å². The molecule has 0 heterocycles. The second-order valence-corrected chi connectivity index (χ2v) is 3.84. The van der Waals surface area contributed by atoms with E-state index >= 15 is 0 Å². The highest BCUT2D eigenvalue weighted by Gasteiger charge is 2.07. The maximum Gasteiger partial charge on any atom is 0.122 e. The maximum absolute atomic E-state index is 5.68. The Morgan fingerprint density at radius 1 is 1.21 bits per heavy atom. The number of hydrogen-bond donors (Lipinski definition) is 1. The lowest BCUT2D eigenvalue weighted by molar-refractivity contribution is 0.240. The molecule has 14 heavy (non-hydrogen) atoms. The van der Waals surface area contributed by atoms with E-state index in [1.807, 2.05) is 26.0 Å². The van der Waals surface area contributed by atoms with Crippen LogP contribution in [0.4, 0.5) is 0 Å². The van der Waals surface area contributed by atoms with Gasteiger partial charge < -0.3 is 10.5 Å². The second-order valence-electron chi connectivity index (χ2n) is 3.84. The lowest BCUT2D eigenvalue weighted by atomic mass is 10.0. The van der Waals surface area contributed by atoms with Gasteiger partial charge >= 0.3 is 0 Å². The number of nitrogens with two attached hydrogens (primary N) is 1. The largest absolute Gasteiger partial charge is 0.491 e. The van der Waals surface area contributed by atoms with Crippen LogP contribution in [0.3, 0.4) is 0 Å². The summed E-state index contributed by atoms with van der Waals surface area (Å²) in [7, 11) is 0. The molecule has 0 aliphatic carbocycles. The summed E-state index contributed by atoms with van der Waals surface area (Å²) in [5, 5.41) is 0. The van der Waals surface area contributed by atoms with Gasteiger partial charge in [-0.1, -0.05) is 6.07 Å². The van der Waals surface area contributed by atoms with E-state index in [1.54, 1.807) is 0 Å². The Hall–Kier alpha value is -1.02. The van der Waals surface area contributed by atoms with Crippen molar-refractivity contribution in [3.8, 4) is 5.75 Å². The third-order valence-electron chi connectivity index (χ3n) is 2.43. The number of ether oxygens (including phenoxy) is 1. The second kappa shape index (κ2) is 4.47. The van der Waals surface area contributed by atoms with Crippen LogP contribution in [-0.4, -0.2) is 6.10 Å². The summed E-state index contributed by atoms with van der Waals surface area (Å²) in [6.07, 6.45) is 0.219. The quantitative estimate of drug-likeness (QED) is 0.800. The summed E-state index contributed by atoms with van der Waals surface area (Å²) in [5.41, 5.74) is 9.26. The van der Waals surface area contributed by atoms with Crippen LogP contribution in [0.2, 0.25) is 0 Å². The Bertz CT molecular complexity index is 318. The fraction of sp³-hybridized carbons (Fsp3) is 0.500. The van der Waals surface area contributed by atoms with Crippen LogP contribution in [0, 0.1) is 13.8 Å². The first-order valence-electron chi connectivity index (χ1n) is 5.02. The Kier molecular flexibility index (Phi) is 3.53. The van der Waals surface area contributed by atoms with Crippen molar-refractivity contribution >= 4 is 0 Å². The van der Waals surface area contributed by atoms with Gasteiger partial charge in [0.25, 0.3) is 0 Å². The maximum atomic E-state index is 5.68. The molecule has 1 aromatic carbocycles. The Morgan fingerprint density at radius 3 is 2.36 bits per heavy atom. The van der Waals surface area contributed by atoms with Crippen molar-refractivity contribution in [3.63, 3.8) is 0 Å². The van der Waals surface area contributed by atoms with Crippen LogP contribution in [0.5, 0.6) is 5.75 Å². The van der Waals surface area contributed by atoms with Gasteiger partial charge in [-0.25, -0.2) is 0 Å². The van der Waals surface area contributed by atoms with Crippen LogP contribution in [0.25, 0.3) is 0 Å². The molecular formula is C12H19NO. The summed E-state index contributed by atoms with van der Waals surface area (Å²) in [6.45, 7) is 8.82. The van der Waals surface area contributed by atoms with Gasteiger partial charge in [-0.15, -0.1) is 0 Å². The summed E-state index contributed by atoms with van der Waals surface area (Å²) in [6, 6.07) is 4.05. The van der Waals surface area contributed by atoms with Crippen molar-refractivity contribution in [2.24, 2.45) is 5.73 Å².